The molecule has 0 aliphatic rings. The van der Waals surface area contributed by atoms with Crippen LogP contribution in [0.1, 0.15) is 22.5 Å². The Morgan fingerprint density at radius 2 is 1.60 bits per heavy atom. The molecule has 1 nitrogen and oxygen atoms in total. The summed E-state index contributed by atoms with van der Waals surface area (Å²) in [6, 6.07) is 12.7. The monoisotopic (exact) mass is 197 g/mol. The molecule has 1 aromatic carbocycles. The molecule has 1 heterocycles. The van der Waals surface area contributed by atoms with E-state index in [-0.39, 0.29) is 0 Å². The number of rotatable bonds is 2. The Labute approximate surface area is 90.5 Å². The number of aromatic nitrogens is 1. The molecule has 2 aromatic rings. The molecule has 0 saturated heterocycles. The Morgan fingerprint density at radius 3 is 2.20 bits per heavy atom. The minimum absolute atomic E-state index is 1.15. The van der Waals surface area contributed by atoms with Gasteiger partial charge in [0.1, 0.15) is 0 Å². The summed E-state index contributed by atoms with van der Waals surface area (Å²) >= 11 is 0. The Hall–Kier alpha value is -1.76. The van der Waals surface area contributed by atoms with Crippen molar-refractivity contribution >= 4 is 12.2 Å². The van der Waals surface area contributed by atoms with Gasteiger partial charge in [-0.1, -0.05) is 35.9 Å². The van der Waals surface area contributed by atoms with Crippen molar-refractivity contribution in [2.24, 2.45) is 0 Å². The molecule has 2 rings (SSSR count). The first kappa shape index (κ1) is 9.78. The van der Waals surface area contributed by atoms with Gasteiger partial charge in [0, 0.05) is 11.4 Å². The molecule has 0 radical (unpaired) electrons. The van der Waals surface area contributed by atoms with E-state index in [0.29, 0.717) is 0 Å². The van der Waals surface area contributed by atoms with Crippen molar-refractivity contribution in [3.8, 4) is 0 Å². The summed E-state index contributed by atoms with van der Waals surface area (Å²) < 4.78 is 0. The van der Waals surface area contributed by atoms with Crippen LogP contribution in [-0.4, -0.2) is 4.98 Å². The van der Waals surface area contributed by atoms with Crippen LogP contribution < -0.4 is 0 Å². The van der Waals surface area contributed by atoms with Crippen molar-refractivity contribution in [1.82, 2.24) is 4.98 Å². The molecule has 0 atom stereocenters. The first-order valence-electron chi connectivity index (χ1n) is 5.14. The van der Waals surface area contributed by atoms with Gasteiger partial charge in [0.2, 0.25) is 0 Å². The summed E-state index contributed by atoms with van der Waals surface area (Å²) in [6.45, 7) is 4.16. The van der Waals surface area contributed by atoms with E-state index in [1.807, 2.05) is 0 Å². The normalized spacial score (nSPS) is 11.1. The minimum atomic E-state index is 1.15. The van der Waals surface area contributed by atoms with Crippen LogP contribution in [0.4, 0.5) is 0 Å². The van der Waals surface area contributed by atoms with Gasteiger partial charge in [-0.3, -0.25) is 0 Å². The van der Waals surface area contributed by atoms with Gasteiger partial charge in [0.15, 0.2) is 0 Å². The summed E-state index contributed by atoms with van der Waals surface area (Å²) in [5, 5.41) is 0. The third kappa shape index (κ3) is 2.59. The second kappa shape index (κ2) is 4.18. The number of hydrogen-bond acceptors (Lipinski definition) is 0. The van der Waals surface area contributed by atoms with E-state index in [2.05, 4.69) is 67.4 Å². The first-order valence-corrected chi connectivity index (χ1v) is 5.14. The predicted octanol–water partition coefficient (Wildman–Crippen LogP) is 3.80. The fourth-order valence-electron chi connectivity index (χ4n) is 1.49. The second-order valence-corrected chi connectivity index (χ2v) is 3.84. The highest BCUT2D eigenvalue weighted by Crippen LogP contribution is 2.09. The van der Waals surface area contributed by atoms with Gasteiger partial charge in [-0.15, -0.1) is 0 Å². The Kier molecular flexibility index (Phi) is 2.72. The number of aromatic amines is 1. The summed E-state index contributed by atoms with van der Waals surface area (Å²) in [5.74, 6) is 0. The SMILES string of the molecule is Cc1ccc(/C=C\c2ccc(C)[nH]2)cc1. The molecule has 0 saturated carbocycles. The summed E-state index contributed by atoms with van der Waals surface area (Å²) in [4.78, 5) is 3.27. The summed E-state index contributed by atoms with van der Waals surface area (Å²) in [6.07, 6.45) is 4.21. The molecule has 0 unspecified atom stereocenters. The molecule has 0 aliphatic carbocycles. The van der Waals surface area contributed by atoms with E-state index in [9.17, 15) is 0 Å². The van der Waals surface area contributed by atoms with Crippen molar-refractivity contribution in [2.75, 3.05) is 0 Å². The van der Waals surface area contributed by atoms with E-state index in [1.54, 1.807) is 0 Å². The molecular formula is C14H15N. The third-order valence-corrected chi connectivity index (χ3v) is 2.39. The number of benzene rings is 1. The number of H-pyrrole nitrogens is 1. The van der Waals surface area contributed by atoms with Gasteiger partial charge in [-0.05, 0) is 37.6 Å². The lowest BCUT2D eigenvalue weighted by atomic mass is 10.1. The van der Waals surface area contributed by atoms with E-state index >= 15 is 0 Å². The van der Waals surface area contributed by atoms with E-state index in [0.717, 1.165) is 5.69 Å². The molecule has 76 valence electrons. The van der Waals surface area contributed by atoms with Crippen LogP contribution >= 0.6 is 0 Å². The number of nitrogens with one attached hydrogen (secondary N) is 1. The van der Waals surface area contributed by atoms with Gasteiger partial charge in [-0.25, -0.2) is 0 Å². The van der Waals surface area contributed by atoms with Crippen LogP contribution in [-0.2, 0) is 0 Å². The van der Waals surface area contributed by atoms with Gasteiger partial charge < -0.3 is 4.98 Å². The maximum atomic E-state index is 3.27. The smallest absolute Gasteiger partial charge is 0.0382 e. The highest BCUT2D eigenvalue weighted by atomic mass is 14.7. The van der Waals surface area contributed by atoms with Crippen molar-refractivity contribution in [1.29, 1.82) is 0 Å². The Bertz CT molecular complexity index is 460. The van der Waals surface area contributed by atoms with Crippen LogP contribution in [0.3, 0.4) is 0 Å². The average Bonchev–Trinajstić information content (AvgIpc) is 2.64. The molecule has 1 aromatic heterocycles. The Balaban J connectivity index is 2.14. The van der Waals surface area contributed by atoms with Gasteiger partial charge in [-0.2, -0.15) is 0 Å². The standard InChI is InChI=1S/C14H15N/c1-11-3-6-13(7-4-11)8-10-14-9-5-12(2)15-14/h3-10,15H,1-2H3/b10-8-. The number of hydrogen-bond donors (Lipinski definition) is 1. The largest absolute Gasteiger partial charge is 0.359 e. The lowest BCUT2D eigenvalue weighted by Gasteiger charge is -1.94. The molecule has 0 spiro atoms. The molecule has 15 heavy (non-hydrogen) atoms. The van der Waals surface area contributed by atoms with Crippen molar-refractivity contribution < 1.29 is 0 Å². The second-order valence-electron chi connectivity index (χ2n) is 3.84. The van der Waals surface area contributed by atoms with Crippen LogP contribution in [0.5, 0.6) is 0 Å². The van der Waals surface area contributed by atoms with Crippen molar-refractivity contribution in [2.45, 2.75) is 13.8 Å². The molecule has 0 bridgehead atoms. The van der Waals surface area contributed by atoms with E-state index < -0.39 is 0 Å². The highest BCUT2D eigenvalue weighted by Gasteiger charge is 1.90. The van der Waals surface area contributed by atoms with Crippen LogP contribution in [0.15, 0.2) is 36.4 Å². The first-order chi connectivity index (χ1) is 7.24. The third-order valence-electron chi connectivity index (χ3n) is 2.39. The van der Waals surface area contributed by atoms with Gasteiger partial charge >= 0.3 is 0 Å². The maximum Gasteiger partial charge on any atom is 0.0382 e. The van der Waals surface area contributed by atoms with Crippen LogP contribution in [0, 0.1) is 13.8 Å². The summed E-state index contributed by atoms with van der Waals surface area (Å²) in [5.41, 5.74) is 4.86. The quantitative estimate of drug-likeness (QED) is 0.753. The zero-order chi connectivity index (χ0) is 10.7. The fraction of sp³-hybridized carbons (Fsp3) is 0.143. The predicted molar refractivity (Wildman–Crippen MR) is 65.6 cm³/mol. The molecule has 1 heteroatoms. The molecule has 0 fully saturated rings. The lowest BCUT2D eigenvalue weighted by Crippen LogP contribution is -1.74. The van der Waals surface area contributed by atoms with E-state index in [1.165, 1.54) is 16.8 Å². The van der Waals surface area contributed by atoms with Gasteiger partial charge in [0.25, 0.3) is 0 Å². The van der Waals surface area contributed by atoms with Crippen molar-refractivity contribution in [3.63, 3.8) is 0 Å². The fourth-order valence-corrected chi connectivity index (χ4v) is 1.49. The molecule has 0 amide bonds. The zero-order valence-electron chi connectivity index (χ0n) is 9.12. The number of aryl methyl sites for hydroxylation is 2. The summed E-state index contributed by atoms with van der Waals surface area (Å²) in [7, 11) is 0. The maximum absolute atomic E-state index is 3.27. The molecular weight excluding hydrogens is 182 g/mol. The van der Waals surface area contributed by atoms with Crippen LogP contribution in [0.2, 0.25) is 0 Å². The van der Waals surface area contributed by atoms with Gasteiger partial charge in [0.05, 0.1) is 0 Å². The molecule has 0 aliphatic heterocycles. The average molecular weight is 197 g/mol. The van der Waals surface area contributed by atoms with Crippen molar-refractivity contribution in [3.05, 3.63) is 58.9 Å². The topological polar surface area (TPSA) is 15.8 Å². The van der Waals surface area contributed by atoms with E-state index in [4.69, 9.17) is 0 Å². The Morgan fingerprint density at radius 1 is 0.867 bits per heavy atom. The molecule has 1 N–H and O–H groups in total. The lowest BCUT2D eigenvalue weighted by molar-refractivity contribution is 1.25. The zero-order valence-corrected chi connectivity index (χ0v) is 9.12. The highest BCUT2D eigenvalue weighted by molar-refractivity contribution is 5.68. The minimum Gasteiger partial charge on any atom is -0.359 e. The van der Waals surface area contributed by atoms with Crippen LogP contribution in [0.25, 0.3) is 12.2 Å².